The van der Waals surface area contributed by atoms with Crippen molar-refractivity contribution in [1.82, 2.24) is 0 Å². The average Bonchev–Trinajstić information content (AvgIpc) is 3.39. The van der Waals surface area contributed by atoms with Crippen LogP contribution < -0.4 is 28.4 Å². The van der Waals surface area contributed by atoms with Gasteiger partial charge in [0.1, 0.15) is 0 Å². The Bertz CT molecular complexity index is 944. The predicted molar refractivity (Wildman–Crippen MR) is 119 cm³/mol. The van der Waals surface area contributed by atoms with E-state index in [4.69, 9.17) is 37.9 Å². The molecule has 4 rings (SSSR count). The molecule has 10 nitrogen and oxygen atoms in total. The number of aliphatic hydroxyl groups excluding tert-OH is 2. The summed E-state index contributed by atoms with van der Waals surface area (Å²) in [6.45, 7) is 0. The van der Waals surface area contributed by atoms with E-state index in [1.165, 1.54) is 42.7 Å². The molecule has 0 aromatic heterocycles. The first-order valence-corrected chi connectivity index (χ1v) is 10.7. The highest BCUT2D eigenvalue weighted by atomic mass is 16.7. The van der Waals surface area contributed by atoms with Crippen LogP contribution in [0.3, 0.4) is 0 Å². The van der Waals surface area contributed by atoms with E-state index >= 15 is 0 Å². The second kappa shape index (κ2) is 9.75. The Morgan fingerprint density at radius 1 is 0.529 bits per heavy atom. The lowest BCUT2D eigenvalue weighted by molar-refractivity contribution is -0.173. The molecular formula is C24H30O10. The normalized spacial score (nSPS) is 27.8. The van der Waals surface area contributed by atoms with Gasteiger partial charge >= 0.3 is 0 Å². The number of ether oxygens (including phenoxy) is 8. The third-order valence-electron chi connectivity index (χ3n) is 6.46. The lowest BCUT2D eigenvalue weighted by atomic mass is 9.82. The molecule has 2 saturated heterocycles. The highest BCUT2D eigenvalue weighted by molar-refractivity contribution is 5.58. The highest BCUT2D eigenvalue weighted by Crippen LogP contribution is 2.59. The highest BCUT2D eigenvalue weighted by Gasteiger charge is 2.59. The largest absolute Gasteiger partial charge is 0.493 e. The summed E-state index contributed by atoms with van der Waals surface area (Å²) in [6, 6.07) is 6.96. The van der Waals surface area contributed by atoms with E-state index in [0.29, 0.717) is 45.6 Å². The lowest BCUT2D eigenvalue weighted by Crippen LogP contribution is -2.24. The summed E-state index contributed by atoms with van der Waals surface area (Å²) in [5, 5.41) is 21.9. The molecule has 2 unspecified atom stereocenters. The maximum Gasteiger partial charge on any atom is 0.203 e. The van der Waals surface area contributed by atoms with Gasteiger partial charge in [-0.25, -0.2) is 0 Å². The zero-order valence-electron chi connectivity index (χ0n) is 19.9. The Hall–Kier alpha value is -2.92. The van der Waals surface area contributed by atoms with E-state index in [9.17, 15) is 10.2 Å². The van der Waals surface area contributed by atoms with Crippen LogP contribution in [-0.4, -0.2) is 65.5 Å². The molecule has 0 aliphatic carbocycles. The van der Waals surface area contributed by atoms with Crippen LogP contribution in [0.1, 0.15) is 23.3 Å². The molecule has 10 heteroatoms. The van der Waals surface area contributed by atoms with E-state index in [2.05, 4.69) is 0 Å². The molecule has 2 aliphatic heterocycles. The first-order valence-electron chi connectivity index (χ1n) is 10.7. The van der Waals surface area contributed by atoms with Crippen molar-refractivity contribution in [3.05, 3.63) is 35.4 Å². The van der Waals surface area contributed by atoms with Crippen LogP contribution >= 0.6 is 0 Å². The van der Waals surface area contributed by atoms with Crippen molar-refractivity contribution in [3.8, 4) is 34.5 Å². The third-order valence-corrected chi connectivity index (χ3v) is 6.46. The van der Waals surface area contributed by atoms with Crippen LogP contribution in [0.2, 0.25) is 0 Å². The summed E-state index contributed by atoms with van der Waals surface area (Å²) < 4.78 is 44.8. The van der Waals surface area contributed by atoms with Crippen LogP contribution in [0.25, 0.3) is 0 Å². The number of hydrogen-bond donors (Lipinski definition) is 2. The number of rotatable bonds is 8. The van der Waals surface area contributed by atoms with Gasteiger partial charge in [-0.3, -0.25) is 0 Å². The molecule has 186 valence electrons. The minimum atomic E-state index is -1.23. The molecule has 0 radical (unpaired) electrons. The fraction of sp³-hybridized carbons (Fsp3) is 0.500. The van der Waals surface area contributed by atoms with Crippen molar-refractivity contribution in [2.24, 2.45) is 11.8 Å². The van der Waals surface area contributed by atoms with Crippen molar-refractivity contribution >= 4 is 0 Å². The fourth-order valence-corrected chi connectivity index (χ4v) is 5.00. The molecule has 2 aromatic rings. The van der Waals surface area contributed by atoms with Gasteiger partial charge in [0.15, 0.2) is 35.6 Å². The van der Waals surface area contributed by atoms with Crippen LogP contribution in [0.4, 0.5) is 0 Å². The molecule has 2 N–H and O–H groups in total. The van der Waals surface area contributed by atoms with Crippen LogP contribution in [0.5, 0.6) is 34.5 Å². The first kappa shape index (κ1) is 24.2. The summed E-state index contributed by atoms with van der Waals surface area (Å²) in [7, 11) is 9.07. The Morgan fingerprint density at radius 2 is 0.882 bits per heavy atom. The molecule has 6 atom stereocenters. The van der Waals surface area contributed by atoms with E-state index in [1.54, 1.807) is 24.3 Å². The maximum absolute atomic E-state index is 11.0. The van der Waals surface area contributed by atoms with E-state index in [0.717, 1.165) is 0 Å². The molecular weight excluding hydrogens is 448 g/mol. The minimum Gasteiger partial charge on any atom is -0.493 e. The van der Waals surface area contributed by atoms with Crippen molar-refractivity contribution in [2.75, 3.05) is 42.7 Å². The van der Waals surface area contributed by atoms with E-state index in [-0.39, 0.29) is 0 Å². The summed E-state index contributed by atoms with van der Waals surface area (Å²) in [5.74, 6) is 1.29. The Labute approximate surface area is 197 Å². The fourth-order valence-electron chi connectivity index (χ4n) is 5.00. The summed E-state index contributed by atoms with van der Waals surface area (Å²) >= 11 is 0. The number of hydrogen-bond acceptors (Lipinski definition) is 10. The molecule has 2 heterocycles. The molecule has 0 bridgehead atoms. The summed E-state index contributed by atoms with van der Waals surface area (Å²) in [6.07, 6.45) is -3.93. The van der Waals surface area contributed by atoms with Crippen molar-refractivity contribution in [1.29, 1.82) is 0 Å². The van der Waals surface area contributed by atoms with Gasteiger partial charge in [-0.15, -0.1) is 0 Å². The number of aliphatic hydroxyl groups is 2. The zero-order valence-corrected chi connectivity index (χ0v) is 19.9. The van der Waals surface area contributed by atoms with Gasteiger partial charge in [0, 0.05) is 11.1 Å². The molecule has 2 aliphatic rings. The second-order valence-corrected chi connectivity index (χ2v) is 7.90. The third kappa shape index (κ3) is 3.67. The molecule has 0 saturated carbocycles. The average molecular weight is 478 g/mol. The summed E-state index contributed by atoms with van der Waals surface area (Å²) in [5.41, 5.74) is 1.18. The zero-order chi connectivity index (χ0) is 24.6. The SMILES string of the molecule is COc1ccc([C@H]2OC(O)[C@H]3[C@@H]2C(O)O[C@@H]3c2ccc(OC)c(OC)c2OC)c(OC)c1OC. The quantitative estimate of drug-likeness (QED) is 0.586. The van der Waals surface area contributed by atoms with Gasteiger partial charge in [0.25, 0.3) is 0 Å². The van der Waals surface area contributed by atoms with Crippen molar-refractivity contribution in [3.63, 3.8) is 0 Å². The molecule has 0 amide bonds. The van der Waals surface area contributed by atoms with Crippen molar-refractivity contribution in [2.45, 2.75) is 24.8 Å². The van der Waals surface area contributed by atoms with Gasteiger partial charge < -0.3 is 48.1 Å². The van der Waals surface area contributed by atoms with E-state index in [1.807, 2.05) is 0 Å². The van der Waals surface area contributed by atoms with Crippen LogP contribution in [-0.2, 0) is 9.47 Å². The smallest absolute Gasteiger partial charge is 0.203 e. The van der Waals surface area contributed by atoms with Crippen LogP contribution in [0.15, 0.2) is 24.3 Å². The topological polar surface area (TPSA) is 114 Å². The predicted octanol–water partition coefficient (Wildman–Crippen LogP) is 2.45. The number of fused-ring (bicyclic) bond motifs is 1. The Kier molecular flexibility index (Phi) is 6.94. The van der Waals surface area contributed by atoms with Gasteiger partial charge in [0.05, 0.1) is 66.7 Å². The van der Waals surface area contributed by atoms with E-state index < -0.39 is 36.6 Å². The first-order chi connectivity index (χ1) is 16.4. The number of benzene rings is 2. The van der Waals surface area contributed by atoms with Gasteiger partial charge in [-0.2, -0.15) is 0 Å². The standard InChI is InChI=1S/C24H30O10/c1-27-13-9-7-11(19(29-3)21(13)31-5)17-15-16(24(26)33-17)18(34-23(15)25)12-8-10-14(28-2)22(32-6)20(12)30-4/h7-10,15-18,23-26H,1-6H3/t15-,16-,17+,18+,23?,24?/m0/s1. The Balaban J connectivity index is 1.77. The minimum absolute atomic E-state index is 0.385. The molecule has 34 heavy (non-hydrogen) atoms. The maximum atomic E-state index is 11.0. The van der Waals surface area contributed by atoms with Gasteiger partial charge in [-0.1, -0.05) is 0 Å². The summed E-state index contributed by atoms with van der Waals surface area (Å²) in [4.78, 5) is 0. The number of methoxy groups -OCH3 is 6. The molecule has 0 spiro atoms. The lowest BCUT2D eigenvalue weighted by Gasteiger charge is -2.24. The van der Waals surface area contributed by atoms with Gasteiger partial charge in [-0.05, 0) is 24.3 Å². The molecule has 2 aromatic carbocycles. The monoisotopic (exact) mass is 478 g/mol. The Morgan fingerprint density at radius 3 is 1.18 bits per heavy atom. The van der Waals surface area contributed by atoms with Gasteiger partial charge in [0.2, 0.25) is 11.5 Å². The second-order valence-electron chi connectivity index (χ2n) is 7.90. The molecule has 2 fully saturated rings. The van der Waals surface area contributed by atoms with Crippen molar-refractivity contribution < 1.29 is 48.1 Å². The van der Waals surface area contributed by atoms with Crippen LogP contribution in [0, 0.1) is 11.8 Å².